The lowest BCUT2D eigenvalue weighted by Gasteiger charge is -2.10. The first-order valence-corrected chi connectivity index (χ1v) is 7.34. The van der Waals surface area contributed by atoms with E-state index in [-0.39, 0.29) is 12.0 Å². The molecule has 0 radical (unpaired) electrons. The Morgan fingerprint density at radius 2 is 2.00 bits per heavy atom. The smallest absolute Gasteiger partial charge is 0.197 e. The number of aliphatic hydroxyl groups is 1. The van der Waals surface area contributed by atoms with Crippen molar-refractivity contribution < 1.29 is 5.11 Å². The average molecular weight is 285 g/mol. The zero-order valence-electron chi connectivity index (χ0n) is 11.1. The minimum absolute atomic E-state index is 0.0422. The Balaban J connectivity index is 2.41. The maximum atomic E-state index is 12.7. The van der Waals surface area contributed by atoms with Crippen LogP contribution in [0.4, 0.5) is 5.69 Å². The van der Waals surface area contributed by atoms with Crippen LogP contribution in [0.25, 0.3) is 20.2 Å². The van der Waals surface area contributed by atoms with Gasteiger partial charge < -0.3 is 10.4 Å². The van der Waals surface area contributed by atoms with Gasteiger partial charge in [-0.3, -0.25) is 4.79 Å². The number of benzene rings is 2. The van der Waals surface area contributed by atoms with Crippen molar-refractivity contribution in [2.45, 2.75) is 6.92 Å². The Kier molecular flexibility index (Phi) is 3.42. The quantitative estimate of drug-likeness (QED) is 0.727. The fraction of sp³-hybridized carbons (Fsp3) is 0.188. The monoisotopic (exact) mass is 285 g/mol. The molecule has 2 N–H and O–H groups in total. The van der Waals surface area contributed by atoms with Gasteiger partial charge in [0.1, 0.15) is 0 Å². The van der Waals surface area contributed by atoms with Gasteiger partial charge in [-0.25, -0.2) is 0 Å². The minimum atomic E-state index is 0.0422. The lowest BCUT2D eigenvalue weighted by atomic mass is 10.1. The summed E-state index contributed by atoms with van der Waals surface area (Å²) in [5, 5.41) is 13.6. The summed E-state index contributed by atoms with van der Waals surface area (Å²) in [7, 11) is 0. The van der Waals surface area contributed by atoms with Crippen molar-refractivity contribution in [2.24, 2.45) is 0 Å². The molecule has 3 nitrogen and oxygen atoms in total. The molecule has 20 heavy (non-hydrogen) atoms. The van der Waals surface area contributed by atoms with Gasteiger partial charge in [0, 0.05) is 27.0 Å². The second kappa shape index (κ2) is 5.23. The van der Waals surface area contributed by atoms with Gasteiger partial charge >= 0.3 is 0 Å². The van der Waals surface area contributed by atoms with Crippen LogP contribution in [0.15, 0.2) is 41.2 Å². The average Bonchev–Trinajstić information content (AvgIpc) is 2.47. The number of nitrogens with one attached hydrogen (secondary N) is 1. The fourth-order valence-corrected chi connectivity index (χ4v) is 3.54. The molecule has 4 heteroatoms. The molecule has 0 fully saturated rings. The van der Waals surface area contributed by atoms with E-state index in [1.807, 2.05) is 43.3 Å². The molecule has 0 spiro atoms. The standard InChI is InChI=1S/C16H15NO2S/c1-10-6-7-12(17-8-9-18)14-15(19)11-4-2-3-5-13(11)20-16(10)14/h2-7,17-18H,8-9H2,1H3. The summed E-state index contributed by atoms with van der Waals surface area (Å²) >= 11 is 1.64. The highest BCUT2D eigenvalue weighted by Gasteiger charge is 2.11. The van der Waals surface area contributed by atoms with Gasteiger partial charge in [-0.05, 0) is 30.7 Å². The van der Waals surface area contributed by atoms with E-state index < -0.39 is 0 Å². The van der Waals surface area contributed by atoms with Crippen molar-refractivity contribution in [3.8, 4) is 0 Å². The Hall–Kier alpha value is -1.91. The van der Waals surface area contributed by atoms with Crippen LogP contribution < -0.4 is 10.7 Å². The molecule has 1 aromatic heterocycles. The molecule has 3 aromatic rings. The maximum absolute atomic E-state index is 12.7. The number of fused-ring (bicyclic) bond motifs is 2. The summed E-state index contributed by atoms with van der Waals surface area (Å²) in [6, 6.07) is 11.6. The highest BCUT2D eigenvalue weighted by atomic mass is 32.1. The molecule has 0 aliphatic heterocycles. The van der Waals surface area contributed by atoms with Crippen LogP contribution in [0, 0.1) is 6.92 Å². The largest absolute Gasteiger partial charge is 0.395 e. The van der Waals surface area contributed by atoms with Crippen LogP contribution >= 0.6 is 11.3 Å². The number of aryl methyl sites for hydroxylation is 1. The van der Waals surface area contributed by atoms with Crippen LogP contribution in [0.3, 0.4) is 0 Å². The topological polar surface area (TPSA) is 49.3 Å². The molecule has 0 unspecified atom stereocenters. The SMILES string of the molecule is Cc1ccc(NCCO)c2c(=O)c3ccccc3sc12. The van der Waals surface area contributed by atoms with Crippen molar-refractivity contribution in [1.29, 1.82) is 0 Å². The Labute approximate surface area is 120 Å². The van der Waals surface area contributed by atoms with E-state index in [0.29, 0.717) is 6.54 Å². The van der Waals surface area contributed by atoms with Crippen LogP contribution in [0.2, 0.25) is 0 Å². The second-order valence-electron chi connectivity index (χ2n) is 4.71. The molecule has 3 rings (SSSR count). The third kappa shape index (κ3) is 2.07. The fourth-order valence-electron chi connectivity index (χ4n) is 2.37. The molecule has 0 amide bonds. The summed E-state index contributed by atoms with van der Waals surface area (Å²) in [5.74, 6) is 0. The van der Waals surface area contributed by atoms with E-state index in [1.165, 1.54) is 0 Å². The molecule has 2 aromatic carbocycles. The summed E-state index contributed by atoms with van der Waals surface area (Å²) in [6.07, 6.45) is 0. The van der Waals surface area contributed by atoms with Gasteiger partial charge in [0.15, 0.2) is 5.43 Å². The van der Waals surface area contributed by atoms with E-state index in [2.05, 4.69) is 5.32 Å². The second-order valence-corrected chi connectivity index (χ2v) is 5.76. The van der Waals surface area contributed by atoms with Crippen LogP contribution in [-0.4, -0.2) is 18.3 Å². The molecular weight excluding hydrogens is 270 g/mol. The van der Waals surface area contributed by atoms with E-state index in [1.54, 1.807) is 11.3 Å². The van der Waals surface area contributed by atoms with Crippen LogP contribution in [-0.2, 0) is 0 Å². The molecule has 0 atom stereocenters. The van der Waals surface area contributed by atoms with Gasteiger partial charge in [0.05, 0.1) is 12.0 Å². The molecule has 102 valence electrons. The third-order valence-corrected chi connectivity index (χ3v) is 4.66. The van der Waals surface area contributed by atoms with Gasteiger partial charge in [0.25, 0.3) is 0 Å². The van der Waals surface area contributed by atoms with Crippen molar-refractivity contribution in [1.82, 2.24) is 0 Å². The van der Waals surface area contributed by atoms with Crippen molar-refractivity contribution in [3.63, 3.8) is 0 Å². The number of hydrogen-bond donors (Lipinski definition) is 2. The zero-order chi connectivity index (χ0) is 14.1. The third-order valence-electron chi connectivity index (χ3n) is 3.35. The highest BCUT2D eigenvalue weighted by molar-refractivity contribution is 7.24. The van der Waals surface area contributed by atoms with Crippen LogP contribution in [0.5, 0.6) is 0 Å². The first-order valence-electron chi connectivity index (χ1n) is 6.52. The number of anilines is 1. The van der Waals surface area contributed by atoms with Crippen LogP contribution in [0.1, 0.15) is 5.56 Å². The van der Waals surface area contributed by atoms with Gasteiger partial charge in [-0.2, -0.15) is 0 Å². The number of aliphatic hydroxyl groups excluding tert-OH is 1. The lowest BCUT2D eigenvalue weighted by Crippen LogP contribution is -2.10. The normalized spacial score (nSPS) is 11.1. The van der Waals surface area contributed by atoms with Gasteiger partial charge in [-0.1, -0.05) is 18.2 Å². The molecule has 0 bridgehead atoms. The van der Waals surface area contributed by atoms with Crippen molar-refractivity contribution in [2.75, 3.05) is 18.5 Å². The molecule has 0 saturated carbocycles. The first-order chi connectivity index (χ1) is 9.72. The zero-order valence-corrected chi connectivity index (χ0v) is 12.0. The Morgan fingerprint density at radius 3 is 2.80 bits per heavy atom. The Morgan fingerprint density at radius 1 is 1.20 bits per heavy atom. The van der Waals surface area contributed by atoms with E-state index in [9.17, 15) is 4.79 Å². The highest BCUT2D eigenvalue weighted by Crippen LogP contribution is 2.31. The lowest BCUT2D eigenvalue weighted by molar-refractivity contribution is 0.311. The predicted molar refractivity (Wildman–Crippen MR) is 85.9 cm³/mol. The van der Waals surface area contributed by atoms with E-state index >= 15 is 0 Å². The summed E-state index contributed by atoms with van der Waals surface area (Å²) in [4.78, 5) is 12.7. The molecule has 0 saturated heterocycles. The molecule has 0 aliphatic rings. The van der Waals surface area contributed by atoms with Gasteiger partial charge in [0.2, 0.25) is 0 Å². The number of rotatable bonds is 3. The molecule has 1 heterocycles. The minimum Gasteiger partial charge on any atom is -0.395 e. The molecule has 0 aliphatic carbocycles. The number of hydrogen-bond acceptors (Lipinski definition) is 4. The Bertz CT molecular complexity index is 839. The first kappa shape index (κ1) is 13.1. The predicted octanol–water partition coefficient (Wildman–Crippen LogP) is 3.13. The van der Waals surface area contributed by atoms with Gasteiger partial charge in [-0.15, -0.1) is 11.3 Å². The summed E-state index contributed by atoms with van der Waals surface area (Å²) in [6.45, 7) is 2.50. The molecular formula is C16H15NO2S. The van der Waals surface area contributed by atoms with E-state index in [0.717, 1.165) is 31.4 Å². The van der Waals surface area contributed by atoms with E-state index in [4.69, 9.17) is 5.11 Å². The summed E-state index contributed by atoms with van der Waals surface area (Å²) in [5.41, 5.74) is 1.95. The van der Waals surface area contributed by atoms with Crippen molar-refractivity contribution >= 4 is 37.2 Å². The van der Waals surface area contributed by atoms with Crippen molar-refractivity contribution in [3.05, 3.63) is 52.2 Å². The summed E-state index contributed by atoms with van der Waals surface area (Å²) < 4.78 is 2.02. The maximum Gasteiger partial charge on any atom is 0.197 e.